The normalized spacial score (nSPS) is 34.2. The number of nitrogens with zero attached hydrogens (tertiary/aromatic N) is 1. The number of anilines is 1. The van der Waals surface area contributed by atoms with Crippen molar-refractivity contribution >= 4 is 11.6 Å². The lowest BCUT2D eigenvalue weighted by atomic mass is 9.99. The van der Waals surface area contributed by atoms with Gasteiger partial charge in [-0.25, -0.2) is 0 Å². The second-order valence-electron chi connectivity index (χ2n) is 5.77. The number of carbonyl (C=O) groups excluding carboxylic acids is 1. The van der Waals surface area contributed by atoms with E-state index in [2.05, 4.69) is 0 Å². The van der Waals surface area contributed by atoms with E-state index < -0.39 is 49.5 Å². The quantitative estimate of drug-likeness (QED) is 0.372. The second-order valence-corrected chi connectivity index (χ2v) is 5.77. The van der Waals surface area contributed by atoms with Crippen molar-refractivity contribution in [3.8, 4) is 11.5 Å². The van der Waals surface area contributed by atoms with Gasteiger partial charge in [0.2, 0.25) is 0 Å². The molecular weight excluding hydrogens is 354 g/mol. The summed E-state index contributed by atoms with van der Waals surface area (Å²) in [5.41, 5.74) is 0.0597. The summed E-state index contributed by atoms with van der Waals surface area (Å²) < 4.78 is 20.8. The van der Waals surface area contributed by atoms with E-state index in [9.17, 15) is 30.4 Å². The molecule has 0 aliphatic carbocycles. The number of hydrogen-bond donors (Lipinski definition) is 5. The number of hydroxylamine groups is 1. The Bertz CT molecular complexity index is 668. The molecule has 144 valence electrons. The first-order chi connectivity index (χ1) is 12.4. The molecule has 2 aliphatic rings. The third-order valence-electron chi connectivity index (χ3n) is 4.15. The SMILES string of the molecule is COc1ccc2c(c1)O[C@@H](O[C@@H]1O[C@H](CO)[C@@H](O)[C@@H](O)[C@H]1O)C(=O)N2O. The van der Waals surface area contributed by atoms with Crippen molar-refractivity contribution in [3.63, 3.8) is 0 Å². The van der Waals surface area contributed by atoms with Crippen molar-refractivity contribution < 1.29 is 49.4 Å². The van der Waals surface area contributed by atoms with Crippen LogP contribution in [0.3, 0.4) is 0 Å². The van der Waals surface area contributed by atoms with Gasteiger partial charge < -0.3 is 39.4 Å². The molecule has 5 N–H and O–H groups in total. The summed E-state index contributed by atoms with van der Waals surface area (Å²) in [6, 6.07) is 4.32. The fourth-order valence-electron chi connectivity index (χ4n) is 2.66. The van der Waals surface area contributed by atoms with Crippen LogP contribution in [0, 0.1) is 0 Å². The summed E-state index contributed by atoms with van der Waals surface area (Å²) in [6.45, 7) is -0.656. The Balaban J connectivity index is 1.80. The molecule has 0 saturated carbocycles. The number of ether oxygens (including phenoxy) is 4. The molecule has 1 amide bonds. The van der Waals surface area contributed by atoms with Crippen molar-refractivity contribution in [2.75, 3.05) is 18.8 Å². The van der Waals surface area contributed by atoms with Crippen molar-refractivity contribution in [2.24, 2.45) is 0 Å². The van der Waals surface area contributed by atoms with Crippen LogP contribution in [0.2, 0.25) is 0 Å². The van der Waals surface area contributed by atoms with E-state index in [1.807, 2.05) is 0 Å². The molecule has 0 bridgehead atoms. The van der Waals surface area contributed by atoms with Crippen LogP contribution >= 0.6 is 0 Å². The van der Waals surface area contributed by atoms with E-state index >= 15 is 0 Å². The average molecular weight is 373 g/mol. The van der Waals surface area contributed by atoms with Gasteiger partial charge in [-0.2, -0.15) is 5.06 Å². The lowest BCUT2D eigenvalue weighted by Gasteiger charge is -2.41. The fraction of sp³-hybridized carbons (Fsp3) is 0.533. The predicted octanol–water partition coefficient (Wildman–Crippen LogP) is -2.05. The molecule has 6 atom stereocenters. The Morgan fingerprint density at radius 1 is 1.19 bits per heavy atom. The molecule has 1 saturated heterocycles. The number of aliphatic hydroxyl groups excluding tert-OH is 4. The molecule has 2 heterocycles. The predicted molar refractivity (Wildman–Crippen MR) is 81.5 cm³/mol. The van der Waals surface area contributed by atoms with E-state index in [1.54, 1.807) is 0 Å². The molecule has 0 unspecified atom stereocenters. The van der Waals surface area contributed by atoms with Gasteiger partial charge >= 0.3 is 5.91 Å². The van der Waals surface area contributed by atoms with Crippen LogP contribution in [-0.2, 0) is 14.3 Å². The van der Waals surface area contributed by atoms with Crippen LogP contribution in [0.25, 0.3) is 0 Å². The lowest BCUT2D eigenvalue weighted by molar-refractivity contribution is -0.323. The Labute approximate surface area is 147 Å². The van der Waals surface area contributed by atoms with Gasteiger partial charge in [-0.3, -0.25) is 10.0 Å². The first-order valence-corrected chi connectivity index (χ1v) is 7.71. The zero-order valence-electron chi connectivity index (χ0n) is 13.6. The molecule has 11 heteroatoms. The highest BCUT2D eigenvalue weighted by atomic mass is 16.8. The fourth-order valence-corrected chi connectivity index (χ4v) is 2.66. The van der Waals surface area contributed by atoms with Crippen molar-refractivity contribution in [1.82, 2.24) is 0 Å². The van der Waals surface area contributed by atoms with E-state index in [4.69, 9.17) is 18.9 Å². The van der Waals surface area contributed by atoms with Gasteiger partial charge in [0, 0.05) is 6.07 Å². The topological polar surface area (TPSA) is 158 Å². The third kappa shape index (κ3) is 3.21. The van der Waals surface area contributed by atoms with Crippen LogP contribution in [0.4, 0.5) is 5.69 Å². The summed E-state index contributed by atoms with van der Waals surface area (Å²) in [4.78, 5) is 12.2. The second kappa shape index (κ2) is 7.32. The van der Waals surface area contributed by atoms with Crippen LogP contribution in [0.15, 0.2) is 18.2 Å². The number of amides is 1. The molecule has 26 heavy (non-hydrogen) atoms. The molecule has 1 aromatic carbocycles. The molecule has 0 spiro atoms. The zero-order chi connectivity index (χ0) is 19.0. The van der Waals surface area contributed by atoms with Gasteiger partial charge in [0.05, 0.1) is 13.7 Å². The number of methoxy groups -OCH3 is 1. The highest BCUT2D eigenvalue weighted by Crippen LogP contribution is 2.37. The average Bonchev–Trinajstić information content (AvgIpc) is 2.65. The number of hydrogen-bond acceptors (Lipinski definition) is 10. The Morgan fingerprint density at radius 2 is 1.92 bits per heavy atom. The summed E-state index contributed by atoms with van der Waals surface area (Å²) in [7, 11) is 1.42. The highest BCUT2D eigenvalue weighted by Gasteiger charge is 2.47. The third-order valence-corrected chi connectivity index (χ3v) is 4.15. The molecule has 1 fully saturated rings. The molecule has 3 rings (SSSR count). The smallest absolute Gasteiger partial charge is 0.320 e. The zero-order valence-corrected chi connectivity index (χ0v) is 13.6. The summed E-state index contributed by atoms with van der Waals surface area (Å²) in [5, 5.41) is 49.0. The minimum Gasteiger partial charge on any atom is -0.497 e. The van der Waals surface area contributed by atoms with Gasteiger partial charge in [0.1, 0.15) is 35.9 Å². The largest absolute Gasteiger partial charge is 0.497 e. The maximum absolute atomic E-state index is 12.2. The first kappa shape index (κ1) is 18.8. The van der Waals surface area contributed by atoms with Gasteiger partial charge in [-0.1, -0.05) is 0 Å². The van der Waals surface area contributed by atoms with E-state index in [1.165, 1.54) is 25.3 Å². The van der Waals surface area contributed by atoms with Crippen molar-refractivity contribution in [2.45, 2.75) is 37.0 Å². The Hall–Kier alpha value is -1.99. The highest BCUT2D eigenvalue weighted by molar-refractivity contribution is 5.97. The number of aliphatic hydroxyl groups is 4. The van der Waals surface area contributed by atoms with E-state index in [-0.39, 0.29) is 11.4 Å². The summed E-state index contributed by atoms with van der Waals surface area (Å²) in [5.74, 6) is -0.529. The molecule has 1 aromatic rings. The lowest BCUT2D eigenvalue weighted by Crippen LogP contribution is -2.61. The van der Waals surface area contributed by atoms with Crippen LogP contribution in [0.5, 0.6) is 11.5 Å². The molecular formula is C15H19NO10. The number of carbonyl (C=O) groups is 1. The van der Waals surface area contributed by atoms with Gasteiger partial charge in [0.15, 0.2) is 12.0 Å². The Morgan fingerprint density at radius 3 is 2.58 bits per heavy atom. The summed E-state index contributed by atoms with van der Waals surface area (Å²) >= 11 is 0. The van der Waals surface area contributed by atoms with Crippen LogP contribution in [-0.4, -0.2) is 82.3 Å². The standard InChI is InChI=1S/C15H19NO10/c1-23-6-2-3-7-8(4-6)24-15(13(21)16(7)22)26-14-12(20)11(19)10(18)9(5-17)25-14/h2-4,9-12,14-15,17-20,22H,5H2,1H3/t9-,10-,11-,12-,14+,15+/m1/s1. The van der Waals surface area contributed by atoms with Gasteiger partial charge in [0.25, 0.3) is 6.29 Å². The minimum absolute atomic E-state index is 0.0597. The van der Waals surface area contributed by atoms with E-state index in [0.29, 0.717) is 10.8 Å². The van der Waals surface area contributed by atoms with Crippen LogP contribution < -0.4 is 14.5 Å². The number of fused-ring (bicyclic) bond motifs is 1. The maximum Gasteiger partial charge on any atom is 0.320 e. The minimum atomic E-state index is -1.72. The molecule has 2 aliphatic heterocycles. The monoisotopic (exact) mass is 373 g/mol. The first-order valence-electron chi connectivity index (χ1n) is 7.71. The van der Waals surface area contributed by atoms with Gasteiger partial charge in [-0.05, 0) is 12.1 Å². The number of benzene rings is 1. The van der Waals surface area contributed by atoms with Gasteiger partial charge in [-0.15, -0.1) is 0 Å². The molecule has 11 nitrogen and oxygen atoms in total. The Kier molecular flexibility index (Phi) is 5.29. The molecule has 0 radical (unpaired) electrons. The summed E-state index contributed by atoms with van der Waals surface area (Å²) in [6.07, 6.45) is -9.49. The van der Waals surface area contributed by atoms with Crippen LogP contribution in [0.1, 0.15) is 0 Å². The number of rotatable bonds is 4. The molecule has 0 aromatic heterocycles. The van der Waals surface area contributed by atoms with Crippen molar-refractivity contribution in [3.05, 3.63) is 18.2 Å². The van der Waals surface area contributed by atoms with Crippen molar-refractivity contribution in [1.29, 1.82) is 0 Å². The van der Waals surface area contributed by atoms with E-state index in [0.717, 1.165) is 0 Å². The maximum atomic E-state index is 12.2.